The minimum Gasteiger partial charge on any atom is -0.326 e. The Morgan fingerprint density at radius 1 is 1.17 bits per heavy atom. The summed E-state index contributed by atoms with van der Waals surface area (Å²) in [7, 11) is 0. The van der Waals surface area contributed by atoms with Gasteiger partial charge in [-0.2, -0.15) is 0 Å². The highest BCUT2D eigenvalue weighted by molar-refractivity contribution is 6.33. The molecule has 2 amide bonds. The smallest absolute Gasteiger partial charge is 0.229 e. The quantitative estimate of drug-likeness (QED) is 0.918. The van der Waals surface area contributed by atoms with Gasteiger partial charge >= 0.3 is 0 Å². The van der Waals surface area contributed by atoms with Gasteiger partial charge < -0.3 is 10.2 Å². The average molecular weight is 343 g/mol. The van der Waals surface area contributed by atoms with E-state index in [2.05, 4.69) is 5.32 Å². The zero-order valence-electron chi connectivity index (χ0n) is 13.7. The monoisotopic (exact) mass is 342 g/mol. The molecule has 2 aromatic rings. The van der Waals surface area contributed by atoms with Crippen LogP contribution >= 0.6 is 11.6 Å². The van der Waals surface area contributed by atoms with E-state index in [0.29, 0.717) is 17.3 Å². The van der Waals surface area contributed by atoms with Crippen LogP contribution in [0.2, 0.25) is 5.02 Å². The molecule has 1 aliphatic rings. The molecule has 1 saturated heterocycles. The van der Waals surface area contributed by atoms with Crippen LogP contribution < -0.4 is 10.2 Å². The Kier molecular flexibility index (Phi) is 4.58. The summed E-state index contributed by atoms with van der Waals surface area (Å²) in [5.41, 5.74) is 3.60. The second-order valence-electron chi connectivity index (χ2n) is 6.22. The summed E-state index contributed by atoms with van der Waals surface area (Å²) in [5.74, 6) is -0.596. The van der Waals surface area contributed by atoms with E-state index in [4.69, 9.17) is 11.6 Å². The van der Waals surface area contributed by atoms with Crippen molar-refractivity contribution >= 4 is 34.8 Å². The SMILES string of the molecule is Cc1cc(C)cc(NC(=O)[C@@H]2CC(=O)N(c3ccccc3Cl)C2)c1. The van der Waals surface area contributed by atoms with E-state index in [1.807, 2.05) is 44.2 Å². The Morgan fingerprint density at radius 2 is 1.83 bits per heavy atom. The maximum absolute atomic E-state index is 12.5. The normalized spacial score (nSPS) is 17.2. The molecule has 0 aromatic heterocycles. The molecule has 0 bridgehead atoms. The fraction of sp³-hybridized carbons (Fsp3) is 0.263. The van der Waals surface area contributed by atoms with E-state index in [9.17, 15) is 9.59 Å². The van der Waals surface area contributed by atoms with Crippen molar-refractivity contribution in [3.05, 3.63) is 58.6 Å². The molecule has 1 fully saturated rings. The summed E-state index contributed by atoms with van der Waals surface area (Å²) in [6.45, 7) is 4.32. The summed E-state index contributed by atoms with van der Waals surface area (Å²) in [5, 5.41) is 3.44. The lowest BCUT2D eigenvalue weighted by molar-refractivity contribution is -0.122. The third kappa shape index (κ3) is 3.44. The number of benzene rings is 2. The number of hydrogen-bond donors (Lipinski definition) is 1. The van der Waals surface area contributed by atoms with Crippen LogP contribution in [0.25, 0.3) is 0 Å². The van der Waals surface area contributed by atoms with E-state index in [-0.39, 0.29) is 24.2 Å². The predicted octanol–water partition coefficient (Wildman–Crippen LogP) is 3.95. The number of halogens is 1. The van der Waals surface area contributed by atoms with Crippen LogP contribution in [0, 0.1) is 19.8 Å². The summed E-state index contributed by atoms with van der Waals surface area (Å²) < 4.78 is 0. The molecule has 1 atom stereocenters. The molecule has 1 heterocycles. The minimum absolute atomic E-state index is 0.0799. The summed E-state index contributed by atoms with van der Waals surface area (Å²) in [6, 6.07) is 13.1. The van der Waals surface area contributed by atoms with Gasteiger partial charge in [-0.3, -0.25) is 9.59 Å². The predicted molar refractivity (Wildman–Crippen MR) is 96.5 cm³/mol. The number of rotatable bonds is 3. The molecule has 3 rings (SSSR count). The van der Waals surface area contributed by atoms with Crippen molar-refractivity contribution in [1.82, 2.24) is 0 Å². The Balaban J connectivity index is 1.73. The first-order chi connectivity index (χ1) is 11.4. The van der Waals surface area contributed by atoms with Gasteiger partial charge in [-0.15, -0.1) is 0 Å². The van der Waals surface area contributed by atoms with Crippen LogP contribution in [0.4, 0.5) is 11.4 Å². The minimum atomic E-state index is -0.380. The molecule has 5 heteroatoms. The third-order valence-electron chi connectivity index (χ3n) is 4.13. The third-order valence-corrected chi connectivity index (χ3v) is 4.45. The molecule has 4 nitrogen and oxygen atoms in total. The molecule has 24 heavy (non-hydrogen) atoms. The van der Waals surface area contributed by atoms with Gasteiger partial charge in [0.2, 0.25) is 11.8 Å². The van der Waals surface area contributed by atoms with Gasteiger partial charge in [0, 0.05) is 18.7 Å². The number of anilines is 2. The van der Waals surface area contributed by atoms with Gasteiger partial charge in [0.25, 0.3) is 0 Å². The van der Waals surface area contributed by atoms with Crippen molar-refractivity contribution in [2.24, 2.45) is 5.92 Å². The second kappa shape index (κ2) is 6.65. The first-order valence-electron chi connectivity index (χ1n) is 7.88. The molecule has 0 aliphatic carbocycles. The molecular weight excluding hydrogens is 324 g/mol. The molecule has 1 N–H and O–H groups in total. The van der Waals surface area contributed by atoms with Crippen molar-refractivity contribution in [1.29, 1.82) is 0 Å². The summed E-state index contributed by atoms with van der Waals surface area (Å²) >= 11 is 6.17. The lowest BCUT2D eigenvalue weighted by Crippen LogP contribution is -2.28. The number of para-hydroxylation sites is 1. The molecule has 0 spiro atoms. The topological polar surface area (TPSA) is 49.4 Å². The maximum atomic E-state index is 12.5. The standard InChI is InChI=1S/C19H19ClN2O2/c1-12-7-13(2)9-15(8-12)21-19(24)14-10-18(23)22(11-14)17-6-4-3-5-16(17)20/h3-9,14H,10-11H2,1-2H3,(H,21,24)/t14-/m1/s1. The molecule has 1 aliphatic heterocycles. The second-order valence-corrected chi connectivity index (χ2v) is 6.63. The number of carbonyl (C=O) groups is 2. The fourth-order valence-corrected chi connectivity index (χ4v) is 3.32. The number of nitrogens with zero attached hydrogens (tertiary/aromatic N) is 1. The van der Waals surface area contributed by atoms with E-state index in [1.165, 1.54) is 0 Å². The van der Waals surface area contributed by atoms with Crippen molar-refractivity contribution in [2.45, 2.75) is 20.3 Å². The average Bonchev–Trinajstić information content (AvgIpc) is 2.88. The molecule has 2 aromatic carbocycles. The Hall–Kier alpha value is -2.33. The Bertz CT molecular complexity index is 783. The van der Waals surface area contributed by atoms with E-state index in [1.54, 1.807) is 17.0 Å². The van der Waals surface area contributed by atoms with Crippen LogP contribution in [-0.2, 0) is 9.59 Å². The highest BCUT2D eigenvalue weighted by Gasteiger charge is 2.35. The van der Waals surface area contributed by atoms with Gasteiger partial charge in [0.15, 0.2) is 0 Å². The number of aryl methyl sites for hydroxylation is 2. The molecule has 0 radical (unpaired) electrons. The van der Waals surface area contributed by atoms with Gasteiger partial charge in [0.1, 0.15) is 0 Å². The zero-order valence-corrected chi connectivity index (χ0v) is 14.4. The largest absolute Gasteiger partial charge is 0.326 e. The number of amides is 2. The van der Waals surface area contributed by atoms with Crippen LogP contribution in [0.15, 0.2) is 42.5 Å². The first kappa shape index (κ1) is 16.5. The number of carbonyl (C=O) groups excluding carboxylic acids is 2. The van der Waals surface area contributed by atoms with Crippen molar-refractivity contribution < 1.29 is 9.59 Å². The summed E-state index contributed by atoms with van der Waals surface area (Å²) in [6.07, 6.45) is 0.196. The van der Waals surface area contributed by atoms with E-state index >= 15 is 0 Å². The Labute approximate surface area is 146 Å². The molecule has 124 valence electrons. The highest BCUT2D eigenvalue weighted by Crippen LogP contribution is 2.31. The first-order valence-corrected chi connectivity index (χ1v) is 8.26. The van der Waals surface area contributed by atoms with Crippen molar-refractivity contribution in [3.63, 3.8) is 0 Å². The van der Waals surface area contributed by atoms with Crippen LogP contribution in [0.1, 0.15) is 17.5 Å². The van der Waals surface area contributed by atoms with Gasteiger partial charge in [-0.25, -0.2) is 0 Å². The van der Waals surface area contributed by atoms with E-state index in [0.717, 1.165) is 16.8 Å². The molecule has 0 saturated carbocycles. The highest BCUT2D eigenvalue weighted by atomic mass is 35.5. The van der Waals surface area contributed by atoms with Gasteiger partial charge in [-0.05, 0) is 49.2 Å². The maximum Gasteiger partial charge on any atom is 0.229 e. The van der Waals surface area contributed by atoms with Gasteiger partial charge in [0.05, 0.1) is 16.6 Å². The zero-order chi connectivity index (χ0) is 17.3. The van der Waals surface area contributed by atoms with Gasteiger partial charge in [-0.1, -0.05) is 29.8 Å². The van der Waals surface area contributed by atoms with Crippen molar-refractivity contribution in [2.75, 3.05) is 16.8 Å². The van der Waals surface area contributed by atoms with Crippen LogP contribution in [0.5, 0.6) is 0 Å². The number of nitrogens with one attached hydrogen (secondary N) is 1. The lowest BCUT2D eigenvalue weighted by Gasteiger charge is -2.18. The van der Waals surface area contributed by atoms with Crippen LogP contribution in [0.3, 0.4) is 0 Å². The Morgan fingerprint density at radius 3 is 2.50 bits per heavy atom. The van der Waals surface area contributed by atoms with Crippen LogP contribution in [-0.4, -0.2) is 18.4 Å². The summed E-state index contributed by atoms with van der Waals surface area (Å²) in [4.78, 5) is 26.4. The lowest BCUT2D eigenvalue weighted by atomic mass is 10.1. The fourth-order valence-electron chi connectivity index (χ4n) is 3.08. The van der Waals surface area contributed by atoms with E-state index < -0.39 is 0 Å². The molecular formula is C19H19ClN2O2. The van der Waals surface area contributed by atoms with Crippen molar-refractivity contribution in [3.8, 4) is 0 Å². The number of hydrogen-bond acceptors (Lipinski definition) is 2. The molecule has 0 unspecified atom stereocenters.